The summed E-state index contributed by atoms with van der Waals surface area (Å²) < 4.78 is 18.1. The molecule has 1 amide bonds. The highest BCUT2D eigenvalue weighted by atomic mass is 35.5. The minimum absolute atomic E-state index is 0. The summed E-state index contributed by atoms with van der Waals surface area (Å²) in [4.78, 5) is 11.5. The predicted octanol–water partition coefficient (Wildman–Crippen LogP) is 0.880. The van der Waals surface area contributed by atoms with Crippen LogP contribution >= 0.6 is 12.4 Å². The molecule has 4 nitrogen and oxygen atoms in total. The molecule has 1 aromatic carbocycles. The highest BCUT2D eigenvalue weighted by molar-refractivity contribution is 5.85. The maximum atomic E-state index is 13.2. The Bertz CT molecular complexity index is 373. The molecule has 0 aliphatic carbocycles. The molecule has 1 atom stereocenters. The number of methoxy groups -OCH3 is 1. The lowest BCUT2D eigenvalue weighted by molar-refractivity contribution is -0.130. The molecule has 0 aromatic heterocycles. The van der Waals surface area contributed by atoms with Crippen LogP contribution in [0.3, 0.4) is 0 Å². The highest BCUT2D eigenvalue weighted by Crippen LogP contribution is 2.06. The Morgan fingerprint density at radius 2 is 2.17 bits per heavy atom. The van der Waals surface area contributed by atoms with Crippen LogP contribution in [0, 0.1) is 5.82 Å². The van der Waals surface area contributed by atoms with Crippen molar-refractivity contribution in [3.8, 4) is 0 Å². The van der Waals surface area contributed by atoms with Crippen molar-refractivity contribution in [3.63, 3.8) is 0 Å². The number of hydrogen-bond donors (Lipinski definition) is 2. The van der Waals surface area contributed by atoms with Crippen LogP contribution in [0.15, 0.2) is 24.3 Å². The predicted molar refractivity (Wildman–Crippen MR) is 70.2 cm³/mol. The average Bonchev–Trinajstić information content (AvgIpc) is 2.33. The molecular weight excluding hydrogens is 259 g/mol. The molecule has 1 rings (SSSR count). The van der Waals surface area contributed by atoms with E-state index in [1.165, 1.54) is 13.2 Å². The molecule has 102 valence electrons. The van der Waals surface area contributed by atoms with Gasteiger partial charge in [-0.2, -0.15) is 0 Å². The maximum Gasteiger partial charge on any atom is 0.250 e. The molecule has 1 aromatic rings. The van der Waals surface area contributed by atoms with Crippen molar-refractivity contribution in [2.45, 2.75) is 12.5 Å². The second kappa shape index (κ2) is 8.85. The Morgan fingerprint density at radius 1 is 1.50 bits per heavy atom. The van der Waals surface area contributed by atoms with Gasteiger partial charge in [-0.15, -0.1) is 12.4 Å². The summed E-state index contributed by atoms with van der Waals surface area (Å²) in [7, 11) is 1.42. The third-order valence-corrected chi connectivity index (χ3v) is 2.44. The Morgan fingerprint density at radius 3 is 2.72 bits per heavy atom. The van der Waals surface area contributed by atoms with E-state index in [0.717, 1.165) is 0 Å². The van der Waals surface area contributed by atoms with Gasteiger partial charge in [-0.05, 0) is 18.1 Å². The quantitative estimate of drug-likeness (QED) is 0.811. The summed E-state index contributed by atoms with van der Waals surface area (Å²) in [6, 6.07) is 6.48. The van der Waals surface area contributed by atoms with Gasteiger partial charge in [0.25, 0.3) is 0 Å². The smallest absolute Gasteiger partial charge is 0.250 e. The van der Waals surface area contributed by atoms with Gasteiger partial charge in [0.05, 0.1) is 0 Å². The molecule has 0 saturated carbocycles. The van der Waals surface area contributed by atoms with Gasteiger partial charge in [0.1, 0.15) is 11.9 Å². The summed E-state index contributed by atoms with van der Waals surface area (Å²) in [6.07, 6.45) is -0.199. The third-order valence-electron chi connectivity index (χ3n) is 2.44. The van der Waals surface area contributed by atoms with Crippen LogP contribution in [0.25, 0.3) is 0 Å². The van der Waals surface area contributed by atoms with Gasteiger partial charge in [0.15, 0.2) is 0 Å². The van der Waals surface area contributed by atoms with Crippen molar-refractivity contribution in [2.24, 2.45) is 5.73 Å². The summed E-state index contributed by atoms with van der Waals surface area (Å²) in [5, 5.41) is 2.65. The molecule has 0 aliphatic heterocycles. The molecule has 0 saturated heterocycles. The average molecular weight is 277 g/mol. The lowest BCUT2D eigenvalue weighted by Crippen LogP contribution is -2.41. The summed E-state index contributed by atoms with van der Waals surface area (Å²) in [6.45, 7) is 0.488. The number of hydrogen-bond acceptors (Lipinski definition) is 3. The first-order chi connectivity index (χ1) is 8.19. The summed E-state index contributed by atoms with van der Waals surface area (Å²) >= 11 is 0. The fourth-order valence-electron chi connectivity index (χ4n) is 1.45. The zero-order valence-corrected chi connectivity index (χ0v) is 11.0. The fraction of sp³-hybridized carbons (Fsp3) is 0.417. The zero-order valence-electron chi connectivity index (χ0n) is 10.2. The van der Waals surface area contributed by atoms with E-state index in [4.69, 9.17) is 10.5 Å². The first-order valence-corrected chi connectivity index (χ1v) is 5.43. The van der Waals surface area contributed by atoms with Gasteiger partial charge in [-0.3, -0.25) is 4.79 Å². The Balaban J connectivity index is 0.00000289. The van der Waals surface area contributed by atoms with E-state index in [1.54, 1.807) is 18.2 Å². The van der Waals surface area contributed by atoms with Crippen molar-refractivity contribution >= 4 is 18.3 Å². The molecule has 0 aliphatic rings. The highest BCUT2D eigenvalue weighted by Gasteiger charge is 2.14. The monoisotopic (exact) mass is 276 g/mol. The second-order valence-electron chi connectivity index (χ2n) is 3.59. The molecule has 18 heavy (non-hydrogen) atoms. The molecule has 0 radical (unpaired) electrons. The van der Waals surface area contributed by atoms with E-state index in [2.05, 4.69) is 5.32 Å². The van der Waals surface area contributed by atoms with E-state index in [1.807, 2.05) is 0 Å². The lowest BCUT2D eigenvalue weighted by atomic mass is 10.1. The third kappa shape index (κ3) is 5.00. The Hall–Kier alpha value is -1.17. The summed E-state index contributed by atoms with van der Waals surface area (Å²) in [5.74, 6) is -0.532. The molecule has 6 heteroatoms. The van der Waals surface area contributed by atoms with Crippen LogP contribution in [0.4, 0.5) is 4.39 Å². The number of carbonyl (C=O) groups is 1. The van der Waals surface area contributed by atoms with Crippen molar-refractivity contribution in [2.75, 3.05) is 20.2 Å². The van der Waals surface area contributed by atoms with Gasteiger partial charge < -0.3 is 15.8 Å². The Kier molecular flexibility index (Phi) is 8.28. The van der Waals surface area contributed by atoms with E-state index in [0.29, 0.717) is 18.5 Å². The number of nitrogens with one attached hydrogen (secondary N) is 1. The molecule has 1 unspecified atom stereocenters. The second-order valence-corrected chi connectivity index (χ2v) is 3.59. The van der Waals surface area contributed by atoms with Gasteiger partial charge in [0.2, 0.25) is 5.91 Å². The normalized spacial score (nSPS) is 11.5. The van der Waals surface area contributed by atoms with E-state index in [9.17, 15) is 9.18 Å². The van der Waals surface area contributed by atoms with E-state index in [-0.39, 0.29) is 30.7 Å². The summed E-state index contributed by atoms with van der Waals surface area (Å²) in [5.41, 5.74) is 5.92. The molecule has 0 fully saturated rings. The van der Waals surface area contributed by atoms with Gasteiger partial charge in [0, 0.05) is 20.2 Å². The van der Waals surface area contributed by atoms with E-state index < -0.39 is 6.10 Å². The minimum atomic E-state index is -0.643. The first-order valence-electron chi connectivity index (χ1n) is 5.43. The largest absolute Gasteiger partial charge is 0.370 e. The van der Waals surface area contributed by atoms with Crippen LogP contribution in [0.2, 0.25) is 0 Å². The fourth-order valence-corrected chi connectivity index (χ4v) is 1.45. The van der Waals surface area contributed by atoms with Crippen molar-refractivity contribution in [3.05, 3.63) is 35.6 Å². The number of ether oxygens (including phenoxy) is 1. The topological polar surface area (TPSA) is 64.3 Å². The van der Waals surface area contributed by atoms with Crippen LogP contribution in [0.5, 0.6) is 0 Å². The maximum absolute atomic E-state index is 13.2. The van der Waals surface area contributed by atoms with Gasteiger partial charge in [-0.25, -0.2) is 4.39 Å². The first kappa shape index (κ1) is 16.8. The number of halogens is 2. The zero-order chi connectivity index (χ0) is 12.7. The van der Waals surface area contributed by atoms with Crippen molar-refractivity contribution in [1.29, 1.82) is 0 Å². The van der Waals surface area contributed by atoms with Gasteiger partial charge >= 0.3 is 0 Å². The lowest BCUT2D eigenvalue weighted by Gasteiger charge is -2.13. The van der Waals surface area contributed by atoms with Gasteiger partial charge in [-0.1, -0.05) is 18.2 Å². The number of benzene rings is 1. The van der Waals surface area contributed by atoms with Crippen LogP contribution in [-0.2, 0) is 16.0 Å². The van der Waals surface area contributed by atoms with Crippen LogP contribution < -0.4 is 11.1 Å². The number of carbonyl (C=O) groups excluding carboxylic acids is 1. The van der Waals surface area contributed by atoms with Crippen LogP contribution in [0.1, 0.15) is 5.56 Å². The molecule has 0 bridgehead atoms. The minimum Gasteiger partial charge on any atom is -0.370 e. The SMILES string of the molecule is COC(CN)C(=O)NCCc1ccccc1F.Cl. The Labute approximate surface area is 112 Å². The molecule has 0 spiro atoms. The van der Waals surface area contributed by atoms with Crippen LogP contribution in [-0.4, -0.2) is 32.2 Å². The van der Waals surface area contributed by atoms with Crippen molar-refractivity contribution < 1.29 is 13.9 Å². The number of nitrogens with two attached hydrogens (primary N) is 1. The number of rotatable bonds is 6. The standard InChI is InChI=1S/C12H17FN2O2.ClH/c1-17-11(8-14)12(16)15-7-6-9-4-2-3-5-10(9)13;/h2-5,11H,6-8,14H2,1H3,(H,15,16);1H. The molecule has 0 heterocycles. The molecule has 3 N–H and O–H groups in total. The van der Waals surface area contributed by atoms with Crippen molar-refractivity contribution in [1.82, 2.24) is 5.32 Å². The van der Waals surface area contributed by atoms with E-state index >= 15 is 0 Å². The molecular formula is C12H18ClFN2O2. The number of amides is 1.